The van der Waals surface area contributed by atoms with E-state index in [4.69, 9.17) is 29.2 Å². The van der Waals surface area contributed by atoms with Crippen LogP contribution < -0.4 is 20.6 Å². The number of imidazole rings is 1. The van der Waals surface area contributed by atoms with Gasteiger partial charge in [0.15, 0.2) is 17.4 Å². The van der Waals surface area contributed by atoms with Crippen molar-refractivity contribution in [2.24, 2.45) is 0 Å². The van der Waals surface area contributed by atoms with E-state index in [2.05, 4.69) is 25.1 Å². The highest BCUT2D eigenvalue weighted by molar-refractivity contribution is 7.54. The van der Waals surface area contributed by atoms with Crippen molar-refractivity contribution in [1.82, 2.24) is 29.7 Å². The molecule has 0 aliphatic carbocycles. The molecule has 2 aromatic rings. The fourth-order valence-corrected chi connectivity index (χ4v) is 6.20. The summed E-state index contributed by atoms with van der Waals surface area (Å²) in [5.74, 6) is -1.36. The molecule has 0 radical (unpaired) electrons. The molecule has 6 N–H and O–H groups in total. The van der Waals surface area contributed by atoms with Gasteiger partial charge in [0.25, 0.3) is 0 Å². The minimum Gasteiger partial charge on any atom is -0.479 e. The minimum atomic E-state index is -4.22. The van der Waals surface area contributed by atoms with Crippen molar-refractivity contribution in [2.45, 2.75) is 96.4 Å². The number of esters is 2. The first-order chi connectivity index (χ1) is 20.8. The van der Waals surface area contributed by atoms with Crippen LogP contribution in [-0.2, 0) is 32.9 Å². The molecular weight excluding hydrogens is 601 g/mol. The maximum Gasteiger partial charge on any atom is 0.342 e. The van der Waals surface area contributed by atoms with Gasteiger partial charge in [-0.1, -0.05) is 26.7 Å². The van der Waals surface area contributed by atoms with Gasteiger partial charge in [-0.2, -0.15) is 9.97 Å². The number of nitrogens with zero attached hydrogens (tertiary/aromatic N) is 4. The van der Waals surface area contributed by atoms with E-state index in [0.29, 0.717) is 12.8 Å². The fraction of sp³-hybridized carbons (Fsp3) is 0.731. The first-order valence-electron chi connectivity index (χ1n) is 14.5. The van der Waals surface area contributed by atoms with Gasteiger partial charge in [-0.05, 0) is 33.6 Å². The Balaban J connectivity index is 1.80. The van der Waals surface area contributed by atoms with Gasteiger partial charge in [0, 0.05) is 0 Å². The topological polar surface area (TPSA) is 232 Å². The number of hydrogen-bond acceptors (Lipinski definition) is 14. The summed E-state index contributed by atoms with van der Waals surface area (Å²) in [5, 5.41) is 27.5. The Kier molecular flexibility index (Phi) is 12.4. The van der Waals surface area contributed by atoms with Gasteiger partial charge in [-0.3, -0.25) is 18.7 Å². The number of rotatable bonds is 17. The summed E-state index contributed by atoms with van der Waals surface area (Å²) in [4.78, 5) is 37.4. The van der Waals surface area contributed by atoms with Crippen LogP contribution in [0.1, 0.15) is 66.5 Å². The summed E-state index contributed by atoms with van der Waals surface area (Å²) < 4.78 is 42.7. The normalized spacial score (nSPS) is 23.4. The van der Waals surface area contributed by atoms with Crippen molar-refractivity contribution in [3.8, 4) is 5.88 Å². The summed E-state index contributed by atoms with van der Waals surface area (Å²) >= 11 is 0. The standard InChI is InChI=1S/C26H44N7O10P/c1-7-9-11-40-22(35)15(3)31-44(38,32-16(4)23(36)41-12-10-8-2)42-13-17-19(34)26(5,37)24(43-17)33-14-28-18-20(33)29-25(27)30-21(18)39-6/h14-17,19,24,34,37H,7-13H2,1-6H3,(H2,27,29,30)(H2,31,32,38)/t15-,16-,17+,19+,24+,26+/m0/s1. The molecule has 0 unspecified atom stereocenters. The summed E-state index contributed by atoms with van der Waals surface area (Å²) in [5.41, 5.74) is 4.31. The van der Waals surface area contributed by atoms with E-state index in [0.717, 1.165) is 12.8 Å². The molecule has 248 valence electrons. The maximum atomic E-state index is 14.0. The second kappa shape index (κ2) is 15.4. The number of nitrogens with one attached hydrogen (secondary N) is 2. The Hall–Kier alpha value is -2.92. The fourth-order valence-electron chi connectivity index (χ4n) is 4.39. The largest absolute Gasteiger partial charge is 0.479 e. The van der Waals surface area contributed by atoms with E-state index in [1.54, 1.807) is 0 Å². The lowest BCUT2D eigenvalue weighted by molar-refractivity contribution is -0.145. The van der Waals surface area contributed by atoms with Crippen LogP contribution in [0.2, 0.25) is 0 Å². The highest BCUT2D eigenvalue weighted by atomic mass is 31.2. The van der Waals surface area contributed by atoms with Gasteiger partial charge in [0.05, 0.1) is 33.3 Å². The van der Waals surface area contributed by atoms with Crippen LogP contribution in [0.15, 0.2) is 6.33 Å². The molecule has 0 saturated carbocycles. The molecule has 0 amide bonds. The lowest BCUT2D eigenvalue weighted by Gasteiger charge is -2.28. The SMILES string of the molecule is CCCCOC(=O)[C@H](C)NP(=O)(N[C@@H](C)C(=O)OCCCC)OC[C@H]1O[C@@H](n2cnc3c(OC)nc(N)nc32)[C@](C)(O)[C@@H]1O. The Morgan fingerprint density at radius 1 is 1.14 bits per heavy atom. The zero-order valence-corrected chi connectivity index (χ0v) is 26.8. The molecule has 2 aromatic heterocycles. The molecule has 17 nitrogen and oxygen atoms in total. The number of carbonyl (C=O) groups excluding carboxylic acids is 2. The van der Waals surface area contributed by atoms with Crippen molar-refractivity contribution >= 4 is 36.7 Å². The molecule has 0 spiro atoms. The van der Waals surface area contributed by atoms with Crippen LogP contribution in [0.4, 0.5) is 5.95 Å². The molecule has 44 heavy (non-hydrogen) atoms. The Labute approximate surface area is 255 Å². The molecule has 0 bridgehead atoms. The van der Waals surface area contributed by atoms with E-state index in [-0.39, 0.29) is 36.2 Å². The number of ether oxygens (including phenoxy) is 4. The number of nitrogen functional groups attached to an aromatic ring is 1. The van der Waals surface area contributed by atoms with Crippen molar-refractivity contribution < 1.29 is 47.8 Å². The second-order valence-corrected chi connectivity index (χ2v) is 12.6. The van der Waals surface area contributed by atoms with Crippen LogP contribution in [0.5, 0.6) is 5.88 Å². The number of carbonyl (C=O) groups is 2. The molecule has 6 atom stereocenters. The summed E-state index contributed by atoms with van der Waals surface area (Å²) in [6.07, 6.45) is 0.233. The number of unbranched alkanes of at least 4 members (excludes halogenated alkanes) is 2. The van der Waals surface area contributed by atoms with Gasteiger partial charge >= 0.3 is 19.6 Å². The number of aromatic nitrogens is 4. The zero-order chi connectivity index (χ0) is 32.7. The van der Waals surface area contributed by atoms with E-state index >= 15 is 0 Å². The first kappa shape index (κ1) is 35.6. The van der Waals surface area contributed by atoms with Gasteiger partial charge in [0.1, 0.15) is 29.9 Å². The van der Waals surface area contributed by atoms with E-state index < -0.39 is 62.3 Å². The number of aliphatic hydroxyl groups excluding tert-OH is 1. The van der Waals surface area contributed by atoms with E-state index in [1.807, 2.05) is 13.8 Å². The second-order valence-electron chi connectivity index (χ2n) is 10.7. The third kappa shape index (κ3) is 8.41. The third-order valence-corrected chi connectivity index (χ3v) is 8.91. The van der Waals surface area contributed by atoms with Crippen LogP contribution >= 0.6 is 7.67 Å². The number of fused-ring (bicyclic) bond motifs is 1. The van der Waals surface area contributed by atoms with Gasteiger partial charge in [-0.25, -0.2) is 15.2 Å². The maximum absolute atomic E-state index is 14.0. The van der Waals surface area contributed by atoms with Gasteiger partial charge < -0.3 is 39.4 Å². The van der Waals surface area contributed by atoms with Crippen molar-refractivity contribution in [1.29, 1.82) is 0 Å². The molecule has 3 rings (SSSR count). The molecule has 3 heterocycles. The van der Waals surface area contributed by atoms with Gasteiger partial charge in [-0.15, -0.1) is 0 Å². The van der Waals surface area contributed by atoms with Crippen LogP contribution in [0, 0.1) is 0 Å². The highest BCUT2D eigenvalue weighted by Gasteiger charge is 2.54. The molecule has 1 aliphatic heterocycles. The Morgan fingerprint density at radius 3 is 2.23 bits per heavy atom. The third-order valence-electron chi connectivity index (χ3n) is 6.95. The lowest BCUT2D eigenvalue weighted by Crippen LogP contribution is -2.45. The molecular formula is C26H44N7O10P. The van der Waals surface area contributed by atoms with Crippen molar-refractivity contribution in [3.63, 3.8) is 0 Å². The monoisotopic (exact) mass is 645 g/mol. The van der Waals surface area contributed by atoms with Crippen LogP contribution in [0.25, 0.3) is 11.2 Å². The molecule has 1 fully saturated rings. The number of nitrogens with two attached hydrogens (primary N) is 1. The lowest BCUT2D eigenvalue weighted by atomic mass is 9.96. The Morgan fingerprint density at radius 2 is 1.70 bits per heavy atom. The number of anilines is 1. The average molecular weight is 646 g/mol. The molecule has 1 saturated heterocycles. The predicted octanol–water partition coefficient (Wildman–Crippen LogP) is 1.19. The summed E-state index contributed by atoms with van der Waals surface area (Å²) in [7, 11) is -2.84. The molecule has 18 heteroatoms. The first-order valence-corrected chi connectivity index (χ1v) is 16.1. The minimum absolute atomic E-state index is 0.104. The van der Waals surface area contributed by atoms with Crippen LogP contribution in [0.3, 0.4) is 0 Å². The highest BCUT2D eigenvalue weighted by Crippen LogP contribution is 2.44. The Bertz CT molecular complexity index is 1290. The molecule has 0 aromatic carbocycles. The van der Waals surface area contributed by atoms with E-state index in [1.165, 1.54) is 38.8 Å². The van der Waals surface area contributed by atoms with Crippen LogP contribution in [-0.4, -0.2) is 98.5 Å². The van der Waals surface area contributed by atoms with Gasteiger partial charge in [0.2, 0.25) is 11.8 Å². The smallest absolute Gasteiger partial charge is 0.342 e. The summed E-state index contributed by atoms with van der Waals surface area (Å²) in [6, 6.07) is -2.20. The van der Waals surface area contributed by atoms with Crippen molar-refractivity contribution in [3.05, 3.63) is 6.33 Å². The van der Waals surface area contributed by atoms with E-state index in [9.17, 15) is 24.4 Å². The number of aliphatic hydroxyl groups is 2. The quantitative estimate of drug-likeness (QED) is 0.0924. The zero-order valence-electron chi connectivity index (χ0n) is 25.9. The summed E-state index contributed by atoms with van der Waals surface area (Å²) in [6.45, 7) is 7.93. The molecule has 1 aliphatic rings. The predicted molar refractivity (Wildman–Crippen MR) is 157 cm³/mol. The number of hydrogen-bond donors (Lipinski definition) is 5. The van der Waals surface area contributed by atoms with Crippen molar-refractivity contribution in [2.75, 3.05) is 32.7 Å². The average Bonchev–Trinajstić information content (AvgIpc) is 3.48. The number of methoxy groups -OCH3 is 1.